The molecular formula is C25H33NO2. The number of hydrogen-bond acceptors (Lipinski definition) is 2. The fraction of sp³-hybridized carbons (Fsp3) is 0.480. The fourth-order valence-electron chi connectivity index (χ4n) is 4.08. The highest BCUT2D eigenvalue weighted by atomic mass is 16.5. The molecule has 3 rings (SSSR count). The second-order valence-electron chi connectivity index (χ2n) is 8.28. The minimum absolute atomic E-state index is 0.117. The standard InChI is InChI=1S/C25H33NO2/c1-5-20(4)28-23-14-13-22(17-19(23)3)26-24(27)25(15-7-6-8-16-25)21-11-9-18(2)10-12-21/h9-14,17,20H,5-8,15-16H2,1-4H3,(H,26,27)/t20-/m0/s1. The predicted molar refractivity (Wildman–Crippen MR) is 116 cm³/mol. The van der Waals surface area contributed by atoms with Gasteiger partial charge in [-0.05, 0) is 69.4 Å². The molecule has 0 radical (unpaired) electrons. The molecule has 28 heavy (non-hydrogen) atoms. The molecular weight excluding hydrogens is 346 g/mol. The highest BCUT2D eigenvalue weighted by Crippen LogP contribution is 2.40. The van der Waals surface area contributed by atoms with Crippen LogP contribution in [-0.4, -0.2) is 12.0 Å². The third-order valence-electron chi connectivity index (χ3n) is 6.08. The number of hydrogen-bond donors (Lipinski definition) is 1. The lowest BCUT2D eigenvalue weighted by molar-refractivity contribution is -0.122. The van der Waals surface area contributed by atoms with Gasteiger partial charge in [-0.1, -0.05) is 56.0 Å². The lowest BCUT2D eigenvalue weighted by Crippen LogP contribution is -2.42. The molecule has 1 aliphatic rings. The van der Waals surface area contributed by atoms with Crippen molar-refractivity contribution in [1.82, 2.24) is 0 Å². The van der Waals surface area contributed by atoms with Gasteiger partial charge in [0.1, 0.15) is 5.75 Å². The molecule has 150 valence electrons. The second kappa shape index (κ2) is 8.81. The van der Waals surface area contributed by atoms with E-state index in [-0.39, 0.29) is 12.0 Å². The zero-order valence-electron chi connectivity index (χ0n) is 17.7. The van der Waals surface area contributed by atoms with Crippen LogP contribution in [0, 0.1) is 13.8 Å². The van der Waals surface area contributed by atoms with E-state index in [2.05, 4.69) is 50.4 Å². The largest absolute Gasteiger partial charge is 0.490 e. The maximum atomic E-state index is 13.5. The molecule has 1 atom stereocenters. The first-order valence-corrected chi connectivity index (χ1v) is 10.6. The normalized spacial score (nSPS) is 17.0. The van der Waals surface area contributed by atoms with E-state index in [9.17, 15) is 4.79 Å². The Labute approximate surface area is 169 Å². The number of carbonyl (C=O) groups is 1. The summed E-state index contributed by atoms with van der Waals surface area (Å²) in [4.78, 5) is 13.5. The van der Waals surface area contributed by atoms with Crippen LogP contribution in [0.2, 0.25) is 0 Å². The average molecular weight is 380 g/mol. The van der Waals surface area contributed by atoms with Gasteiger partial charge in [0, 0.05) is 5.69 Å². The summed E-state index contributed by atoms with van der Waals surface area (Å²) in [6, 6.07) is 14.4. The van der Waals surface area contributed by atoms with Gasteiger partial charge in [0.2, 0.25) is 5.91 Å². The fourth-order valence-corrected chi connectivity index (χ4v) is 4.08. The van der Waals surface area contributed by atoms with Gasteiger partial charge in [-0.15, -0.1) is 0 Å². The second-order valence-corrected chi connectivity index (χ2v) is 8.28. The van der Waals surface area contributed by atoms with Gasteiger partial charge >= 0.3 is 0 Å². The summed E-state index contributed by atoms with van der Waals surface area (Å²) in [5.74, 6) is 1.00. The summed E-state index contributed by atoms with van der Waals surface area (Å²) < 4.78 is 5.96. The molecule has 0 saturated heterocycles. The smallest absolute Gasteiger partial charge is 0.235 e. The first-order chi connectivity index (χ1) is 13.4. The molecule has 0 bridgehead atoms. The molecule has 0 aromatic heterocycles. The van der Waals surface area contributed by atoms with Gasteiger partial charge in [0.15, 0.2) is 0 Å². The number of amides is 1. The molecule has 1 N–H and O–H groups in total. The van der Waals surface area contributed by atoms with Gasteiger partial charge in [-0.25, -0.2) is 0 Å². The van der Waals surface area contributed by atoms with Crippen LogP contribution in [-0.2, 0) is 10.2 Å². The van der Waals surface area contributed by atoms with Gasteiger partial charge < -0.3 is 10.1 Å². The van der Waals surface area contributed by atoms with E-state index in [0.717, 1.165) is 54.7 Å². The Hall–Kier alpha value is -2.29. The molecule has 2 aromatic rings. The van der Waals surface area contributed by atoms with Crippen LogP contribution in [0.5, 0.6) is 5.75 Å². The van der Waals surface area contributed by atoms with Gasteiger partial charge in [0.25, 0.3) is 0 Å². The first kappa shape index (κ1) is 20.4. The van der Waals surface area contributed by atoms with E-state index < -0.39 is 5.41 Å². The highest BCUT2D eigenvalue weighted by Gasteiger charge is 2.41. The Bertz CT molecular complexity index is 804. The minimum Gasteiger partial charge on any atom is -0.490 e. The molecule has 2 aromatic carbocycles. The zero-order valence-corrected chi connectivity index (χ0v) is 17.7. The maximum Gasteiger partial charge on any atom is 0.235 e. The lowest BCUT2D eigenvalue weighted by atomic mass is 9.68. The van der Waals surface area contributed by atoms with E-state index in [0.29, 0.717) is 0 Å². The summed E-state index contributed by atoms with van der Waals surface area (Å²) in [6.45, 7) is 8.31. The summed E-state index contributed by atoms with van der Waals surface area (Å²) in [6.07, 6.45) is 6.39. The molecule has 3 nitrogen and oxygen atoms in total. The molecule has 3 heteroatoms. The van der Waals surface area contributed by atoms with Crippen molar-refractivity contribution >= 4 is 11.6 Å². The number of rotatable bonds is 6. The highest BCUT2D eigenvalue weighted by molar-refractivity contribution is 5.99. The zero-order chi connectivity index (χ0) is 20.1. The van der Waals surface area contributed by atoms with Crippen LogP contribution in [0.15, 0.2) is 42.5 Å². The molecule has 1 saturated carbocycles. The number of carbonyl (C=O) groups excluding carboxylic acids is 1. The summed E-state index contributed by atoms with van der Waals surface area (Å²) >= 11 is 0. The van der Waals surface area contributed by atoms with Crippen molar-refractivity contribution in [3.8, 4) is 5.75 Å². The molecule has 1 fully saturated rings. The lowest BCUT2D eigenvalue weighted by Gasteiger charge is -2.36. The number of anilines is 1. The van der Waals surface area contributed by atoms with E-state index in [1.165, 1.54) is 12.0 Å². The Morgan fingerprint density at radius 3 is 2.36 bits per heavy atom. The van der Waals surface area contributed by atoms with Gasteiger partial charge in [0.05, 0.1) is 11.5 Å². The van der Waals surface area contributed by atoms with Crippen molar-refractivity contribution in [1.29, 1.82) is 0 Å². The average Bonchev–Trinajstić information content (AvgIpc) is 2.71. The number of ether oxygens (including phenoxy) is 1. The topological polar surface area (TPSA) is 38.3 Å². The van der Waals surface area contributed by atoms with Crippen molar-refractivity contribution in [3.63, 3.8) is 0 Å². The molecule has 1 aliphatic carbocycles. The van der Waals surface area contributed by atoms with Crippen LogP contribution >= 0.6 is 0 Å². The summed E-state index contributed by atoms with van der Waals surface area (Å²) in [7, 11) is 0. The molecule has 0 unspecified atom stereocenters. The molecule has 0 heterocycles. The SMILES string of the molecule is CC[C@H](C)Oc1ccc(NC(=O)C2(c3ccc(C)cc3)CCCCC2)cc1C. The van der Waals surface area contributed by atoms with Crippen LogP contribution in [0.25, 0.3) is 0 Å². The predicted octanol–water partition coefficient (Wildman–Crippen LogP) is 6.32. The van der Waals surface area contributed by atoms with Crippen LogP contribution < -0.4 is 10.1 Å². The third-order valence-corrected chi connectivity index (χ3v) is 6.08. The van der Waals surface area contributed by atoms with Gasteiger partial charge in [-0.3, -0.25) is 4.79 Å². The Kier molecular flexibility index (Phi) is 6.43. The van der Waals surface area contributed by atoms with Crippen molar-refractivity contribution < 1.29 is 9.53 Å². The van der Waals surface area contributed by atoms with Crippen LogP contribution in [0.3, 0.4) is 0 Å². The number of benzene rings is 2. The number of aryl methyl sites for hydroxylation is 2. The van der Waals surface area contributed by atoms with Crippen molar-refractivity contribution in [3.05, 3.63) is 59.2 Å². The molecule has 0 aliphatic heterocycles. The van der Waals surface area contributed by atoms with E-state index in [4.69, 9.17) is 4.74 Å². The van der Waals surface area contributed by atoms with Crippen molar-refractivity contribution in [2.24, 2.45) is 0 Å². The maximum absolute atomic E-state index is 13.5. The monoisotopic (exact) mass is 379 g/mol. The van der Waals surface area contributed by atoms with Gasteiger partial charge in [-0.2, -0.15) is 0 Å². The van der Waals surface area contributed by atoms with E-state index in [1.807, 2.05) is 25.1 Å². The van der Waals surface area contributed by atoms with Crippen molar-refractivity contribution in [2.75, 3.05) is 5.32 Å². The third kappa shape index (κ3) is 4.40. The molecule has 1 amide bonds. The molecule has 0 spiro atoms. The quantitative estimate of drug-likeness (QED) is 0.637. The van der Waals surface area contributed by atoms with E-state index >= 15 is 0 Å². The van der Waals surface area contributed by atoms with Crippen molar-refractivity contribution in [2.45, 2.75) is 77.7 Å². The van der Waals surface area contributed by atoms with Crippen LogP contribution in [0.4, 0.5) is 5.69 Å². The summed E-state index contributed by atoms with van der Waals surface area (Å²) in [5, 5.41) is 3.21. The minimum atomic E-state index is -0.425. The Balaban J connectivity index is 1.82. The number of nitrogens with one attached hydrogen (secondary N) is 1. The Morgan fingerprint density at radius 1 is 1.07 bits per heavy atom. The van der Waals surface area contributed by atoms with E-state index in [1.54, 1.807) is 0 Å². The van der Waals surface area contributed by atoms with Crippen LogP contribution in [0.1, 0.15) is 69.1 Å². The Morgan fingerprint density at radius 2 is 1.75 bits per heavy atom. The first-order valence-electron chi connectivity index (χ1n) is 10.6. The summed E-state index contributed by atoms with van der Waals surface area (Å²) in [5.41, 5.74) is 3.83.